The van der Waals surface area contributed by atoms with E-state index < -0.39 is 7.12 Å². The molecule has 0 bridgehead atoms. The standard InChI is InChI=1S/C20H22BNO4/c1-24-18-3-2-16(17-4-5-20(6-7-20)26-19(17)18)14-8-13(10-22-11-14)15-9-21(23)25-12-15/h2-3,8,10-11,15,23H,4-7,9,12H2,1H3. The van der Waals surface area contributed by atoms with Crippen molar-refractivity contribution >= 4 is 7.12 Å². The smallest absolute Gasteiger partial charge is 0.454 e. The molecule has 3 aliphatic rings. The molecular formula is C20H22BNO4. The van der Waals surface area contributed by atoms with Gasteiger partial charge in [0.05, 0.1) is 7.11 Å². The van der Waals surface area contributed by atoms with Gasteiger partial charge >= 0.3 is 7.12 Å². The van der Waals surface area contributed by atoms with Gasteiger partial charge in [-0.1, -0.05) is 6.07 Å². The average Bonchev–Trinajstić information content (AvgIpc) is 3.27. The van der Waals surface area contributed by atoms with Gasteiger partial charge < -0.3 is 19.2 Å². The van der Waals surface area contributed by atoms with Crippen molar-refractivity contribution in [1.29, 1.82) is 0 Å². The highest BCUT2D eigenvalue weighted by Crippen LogP contribution is 2.53. The lowest BCUT2D eigenvalue weighted by molar-refractivity contribution is 0.144. The van der Waals surface area contributed by atoms with Crippen LogP contribution in [-0.4, -0.2) is 36.4 Å². The number of rotatable bonds is 3. The molecule has 1 saturated heterocycles. The lowest BCUT2D eigenvalue weighted by Gasteiger charge is -2.29. The summed E-state index contributed by atoms with van der Waals surface area (Å²) in [5.74, 6) is 1.91. The van der Waals surface area contributed by atoms with E-state index in [-0.39, 0.29) is 11.5 Å². The quantitative estimate of drug-likeness (QED) is 0.861. The molecule has 0 radical (unpaired) electrons. The van der Waals surface area contributed by atoms with Gasteiger partial charge in [0.15, 0.2) is 11.5 Å². The van der Waals surface area contributed by atoms with Gasteiger partial charge in [-0.05, 0) is 55.3 Å². The molecule has 2 aromatic rings. The van der Waals surface area contributed by atoms with E-state index >= 15 is 0 Å². The Balaban J connectivity index is 1.54. The largest absolute Gasteiger partial charge is 0.493 e. The van der Waals surface area contributed by atoms with Gasteiger partial charge in [0.25, 0.3) is 0 Å². The van der Waals surface area contributed by atoms with Crippen LogP contribution in [0.1, 0.15) is 36.3 Å². The molecule has 1 aromatic heterocycles. The number of benzene rings is 1. The Morgan fingerprint density at radius 1 is 1.27 bits per heavy atom. The fourth-order valence-electron chi connectivity index (χ4n) is 4.18. The Hall–Kier alpha value is -2.05. The highest BCUT2D eigenvalue weighted by molar-refractivity contribution is 6.43. The summed E-state index contributed by atoms with van der Waals surface area (Å²) in [6, 6.07) is 6.26. The van der Waals surface area contributed by atoms with Crippen LogP contribution in [-0.2, 0) is 11.1 Å². The first kappa shape index (κ1) is 16.2. The molecule has 134 valence electrons. The zero-order chi connectivity index (χ0) is 17.7. The first-order chi connectivity index (χ1) is 12.7. The number of aromatic nitrogens is 1. The fourth-order valence-corrected chi connectivity index (χ4v) is 4.18. The van der Waals surface area contributed by atoms with Crippen LogP contribution in [0.3, 0.4) is 0 Å². The third-order valence-corrected chi connectivity index (χ3v) is 5.92. The summed E-state index contributed by atoms with van der Waals surface area (Å²) in [6.45, 7) is 0.540. The summed E-state index contributed by atoms with van der Waals surface area (Å²) in [7, 11) is 1.03. The third kappa shape index (κ3) is 2.68. The Kier molecular flexibility index (Phi) is 3.73. The highest BCUT2D eigenvalue weighted by atomic mass is 16.5. The van der Waals surface area contributed by atoms with Gasteiger partial charge in [0.2, 0.25) is 0 Å². The van der Waals surface area contributed by atoms with Crippen LogP contribution in [0.15, 0.2) is 30.6 Å². The van der Waals surface area contributed by atoms with Gasteiger partial charge in [0, 0.05) is 36.0 Å². The summed E-state index contributed by atoms with van der Waals surface area (Å²) in [5.41, 5.74) is 4.61. The lowest BCUT2D eigenvalue weighted by atomic mass is 9.79. The Morgan fingerprint density at radius 3 is 2.88 bits per heavy atom. The van der Waals surface area contributed by atoms with Gasteiger partial charge in [-0.3, -0.25) is 4.98 Å². The van der Waals surface area contributed by atoms with Gasteiger partial charge in [-0.2, -0.15) is 0 Å². The van der Waals surface area contributed by atoms with Gasteiger partial charge in [0.1, 0.15) is 5.60 Å². The molecule has 3 heterocycles. The van der Waals surface area contributed by atoms with Crippen molar-refractivity contribution in [3.63, 3.8) is 0 Å². The molecular weight excluding hydrogens is 329 g/mol. The van der Waals surface area contributed by atoms with Crippen LogP contribution >= 0.6 is 0 Å². The molecule has 6 heteroatoms. The van der Waals surface area contributed by atoms with Crippen LogP contribution in [0.25, 0.3) is 11.1 Å². The van der Waals surface area contributed by atoms with Crippen molar-refractivity contribution in [3.05, 3.63) is 41.7 Å². The average molecular weight is 351 g/mol. The zero-order valence-corrected chi connectivity index (χ0v) is 14.9. The van der Waals surface area contributed by atoms with Crippen molar-refractivity contribution in [3.8, 4) is 22.6 Å². The maximum atomic E-state index is 9.64. The first-order valence-corrected chi connectivity index (χ1v) is 9.31. The highest BCUT2D eigenvalue weighted by Gasteiger charge is 2.48. The minimum atomic E-state index is -0.666. The Bertz CT molecular complexity index is 852. The molecule has 1 unspecified atom stereocenters. The summed E-state index contributed by atoms with van der Waals surface area (Å²) < 4.78 is 17.2. The SMILES string of the molecule is COc1ccc(-c2cncc(C3COB(O)C3)c2)c2c1OC1(CC2)CC1. The van der Waals surface area contributed by atoms with Crippen LogP contribution in [0.4, 0.5) is 0 Å². The van der Waals surface area contributed by atoms with E-state index in [1.54, 1.807) is 7.11 Å². The molecule has 1 aromatic carbocycles. The van der Waals surface area contributed by atoms with Crippen molar-refractivity contribution in [2.24, 2.45) is 0 Å². The van der Waals surface area contributed by atoms with E-state index in [2.05, 4.69) is 17.1 Å². The third-order valence-electron chi connectivity index (χ3n) is 5.92. The summed E-state index contributed by atoms with van der Waals surface area (Å²) in [4.78, 5) is 4.45. The van der Waals surface area contributed by atoms with Crippen molar-refractivity contribution < 1.29 is 19.2 Å². The normalized spacial score (nSPS) is 22.8. The first-order valence-electron chi connectivity index (χ1n) is 9.31. The van der Waals surface area contributed by atoms with Crippen molar-refractivity contribution in [2.45, 2.75) is 43.5 Å². The summed E-state index contributed by atoms with van der Waals surface area (Å²) >= 11 is 0. The van der Waals surface area contributed by atoms with Crippen LogP contribution in [0.2, 0.25) is 6.32 Å². The number of fused-ring (bicyclic) bond motifs is 1. The zero-order valence-electron chi connectivity index (χ0n) is 14.9. The van der Waals surface area contributed by atoms with Crippen LogP contribution in [0, 0.1) is 0 Å². The molecule has 1 saturated carbocycles. The van der Waals surface area contributed by atoms with E-state index in [0.717, 1.165) is 53.9 Å². The maximum Gasteiger partial charge on any atom is 0.454 e. The van der Waals surface area contributed by atoms with E-state index in [1.165, 1.54) is 5.56 Å². The second-order valence-electron chi connectivity index (χ2n) is 7.64. The van der Waals surface area contributed by atoms with E-state index in [4.69, 9.17) is 14.1 Å². The summed E-state index contributed by atoms with van der Waals surface area (Å²) in [6.07, 6.45) is 8.74. The van der Waals surface area contributed by atoms with E-state index in [0.29, 0.717) is 12.9 Å². The predicted octanol–water partition coefficient (Wildman–Crippen LogP) is 3.21. The lowest BCUT2D eigenvalue weighted by Crippen LogP contribution is -2.25. The monoisotopic (exact) mass is 351 g/mol. The van der Waals surface area contributed by atoms with Crippen molar-refractivity contribution in [2.75, 3.05) is 13.7 Å². The minimum Gasteiger partial charge on any atom is -0.493 e. The number of nitrogens with zero attached hydrogens (tertiary/aromatic N) is 1. The molecule has 2 aliphatic heterocycles. The number of methoxy groups -OCH3 is 1. The van der Waals surface area contributed by atoms with Gasteiger partial charge in [-0.15, -0.1) is 0 Å². The second kappa shape index (κ2) is 6.00. The number of hydrogen-bond acceptors (Lipinski definition) is 5. The van der Waals surface area contributed by atoms with Crippen molar-refractivity contribution in [1.82, 2.24) is 4.98 Å². The molecule has 1 aliphatic carbocycles. The Labute approximate surface area is 153 Å². The predicted molar refractivity (Wildman–Crippen MR) is 98.6 cm³/mol. The fraction of sp³-hybridized carbons (Fsp3) is 0.450. The number of pyridine rings is 1. The molecule has 5 rings (SSSR count). The minimum absolute atomic E-state index is 0.0519. The molecule has 0 amide bonds. The van der Waals surface area contributed by atoms with E-state index in [9.17, 15) is 5.02 Å². The number of ether oxygens (including phenoxy) is 2. The molecule has 26 heavy (non-hydrogen) atoms. The maximum absolute atomic E-state index is 9.64. The second-order valence-corrected chi connectivity index (χ2v) is 7.64. The molecule has 1 N–H and O–H groups in total. The van der Waals surface area contributed by atoms with Crippen LogP contribution < -0.4 is 9.47 Å². The molecule has 1 atom stereocenters. The van der Waals surface area contributed by atoms with E-state index in [1.807, 2.05) is 18.5 Å². The Morgan fingerprint density at radius 2 is 2.15 bits per heavy atom. The summed E-state index contributed by atoms with van der Waals surface area (Å²) in [5, 5.41) is 9.64. The van der Waals surface area contributed by atoms with Crippen LogP contribution in [0.5, 0.6) is 11.5 Å². The molecule has 1 spiro atoms. The topological polar surface area (TPSA) is 60.8 Å². The van der Waals surface area contributed by atoms with Gasteiger partial charge in [-0.25, -0.2) is 0 Å². The molecule has 5 nitrogen and oxygen atoms in total. The molecule has 2 fully saturated rings. The number of hydrogen-bond donors (Lipinski definition) is 1.